The smallest absolute Gasteiger partial charge is 0.341 e. The van der Waals surface area contributed by atoms with Crippen molar-refractivity contribution in [1.82, 2.24) is 4.72 Å². The van der Waals surface area contributed by atoms with Gasteiger partial charge in [0.2, 0.25) is 10.0 Å². The van der Waals surface area contributed by atoms with E-state index in [9.17, 15) is 22.0 Å². The number of carbonyl (C=O) groups is 1. The molecule has 114 valence electrons. The van der Waals surface area contributed by atoms with Gasteiger partial charge in [-0.1, -0.05) is 6.92 Å². The van der Waals surface area contributed by atoms with Crippen molar-refractivity contribution in [2.24, 2.45) is 0 Å². The third-order valence-electron chi connectivity index (χ3n) is 2.74. The minimum atomic E-state index is -4.35. The topological polar surface area (TPSA) is 83.5 Å². The lowest BCUT2D eigenvalue weighted by molar-refractivity contribution is 0.0685. The summed E-state index contributed by atoms with van der Waals surface area (Å²) in [5, 5.41) is 8.73. The number of halogens is 2. The lowest BCUT2D eigenvalue weighted by atomic mass is 10.2. The van der Waals surface area contributed by atoms with Crippen LogP contribution in [0.3, 0.4) is 0 Å². The van der Waals surface area contributed by atoms with Crippen LogP contribution in [-0.4, -0.2) is 25.5 Å². The fourth-order valence-corrected chi connectivity index (χ4v) is 3.03. The van der Waals surface area contributed by atoms with Crippen LogP contribution < -0.4 is 4.72 Å². The predicted octanol–water partition coefficient (Wildman–Crippen LogP) is 1.74. The van der Waals surface area contributed by atoms with E-state index in [4.69, 9.17) is 11.5 Å². The van der Waals surface area contributed by atoms with Crippen molar-refractivity contribution < 1.29 is 27.1 Å². The van der Waals surface area contributed by atoms with Crippen LogP contribution in [0.4, 0.5) is 8.78 Å². The first kappa shape index (κ1) is 17.1. The highest BCUT2D eigenvalue weighted by molar-refractivity contribution is 7.89. The minimum Gasteiger partial charge on any atom is -0.477 e. The summed E-state index contributed by atoms with van der Waals surface area (Å²) in [4.78, 5) is 9.85. The zero-order valence-corrected chi connectivity index (χ0v) is 11.9. The van der Waals surface area contributed by atoms with Crippen molar-refractivity contribution in [3.05, 3.63) is 29.3 Å². The van der Waals surface area contributed by atoms with Gasteiger partial charge in [0.25, 0.3) is 0 Å². The van der Waals surface area contributed by atoms with Crippen LogP contribution in [0.15, 0.2) is 17.0 Å². The molecule has 1 rings (SSSR count). The number of hydrogen-bond donors (Lipinski definition) is 2. The Balaban J connectivity index is 3.30. The molecule has 0 spiro atoms. The average molecular weight is 317 g/mol. The van der Waals surface area contributed by atoms with E-state index in [0.717, 1.165) is 0 Å². The molecule has 8 heteroatoms. The van der Waals surface area contributed by atoms with Gasteiger partial charge in [0.1, 0.15) is 16.3 Å². The summed E-state index contributed by atoms with van der Waals surface area (Å²) in [6, 6.07) is 0.628. The molecule has 1 unspecified atom stereocenters. The van der Waals surface area contributed by atoms with Crippen LogP contribution in [0.1, 0.15) is 30.1 Å². The number of aromatic carboxylic acids is 1. The Morgan fingerprint density at radius 2 is 2.10 bits per heavy atom. The van der Waals surface area contributed by atoms with Gasteiger partial charge in [-0.25, -0.2) is 26.7 Å². The van der Waals surface area contributed by atoms with E-state index < -0.39 is 44.1 Å². The highest BCUT2D eigenvalue weighted by atomic mass is 32.2. The molecule has 2 N–H and O–H groups in total. The van der Waals surface area contributed by atoms with Crippen molar-refractivity contribution in [3.8, 4) is 12.3 Å². The molecule has 0 aliphatic heterocycles. The van der Waals surface area contributed by atoms with Gasteiger partial charge in [-0.15, -0.1) is 12.3 Å². The van der Waals surface area contributed by atoms with E-state index in [0.29, 0.717) is 18.6 Å². The predicted molar refractivity (Wildman–Crippen MR) is 71.2 cm³/mol. The first-order valence-electron chi connectivity index (χ1n) is 5.91. The summed E-state index contributed by atoms with van der Waals surface area (Å²) >= 11 is 0. The molecule has 0 saturated carbocycles. The zero-order valence-electron chi connectivity index (χ0n) is 11.1. The summed E-state index contributed by atoms with van der Waals surface area (Å²) in [5.41, 5.74) is -1.32. The summed E-state index contributed by atoms with van der Waals surface area (Å²) in [7, 11) is -4.35. The molecule has 0 fully saturated rings. The number of rotatable bonds is 6. The number of sulfonamides is 1. The maximum Gasteiger partial charge on any atom is 0.341 e. The SMILES string of the molecule is C#CCC(CC)NS(=O)(=O)c1ccc(F)c(C(=O)O)c1F. The second-order valence-electron chi connectivity index (χ2n) is 4.17. The van der Waals surface area contributed by atoms with E-state index >= 15 is 0 Å². The third kappa shape index (κ3) is 3.77. The summed E-state index contributed by atoms with van der Waals surface area (Å²) in [5.74, 6) is -2.62. The first-order chi connectivity index (χ1) is 9.74. The molecule has 1 aromatic rings. The second-order valence-corrected chi connectivity index (χ2v) is 5.86. The lowest BCUT2D eigenvalue weighted by Gasteiger charge is -2.15. The lowest BCUT2D eigenvalue weighted by Crippen LogP contribution is -2.34. The Kier molecular flexibility index (Phi) is 5.41. The minimum absolute atomic E-state index is 0.0876. The molecule has 0 saturated heterocycles. The van der Waals surface area contributed by atoms with Gasteiger partial charge < -0.3 is 5.11 Å². The van der Waals surface area contributed by atoms with Crippen molar-refractivity contribution in [2.75, 3.05) is 0 Å². The van der Waals surface area contributed by atoms with Crippen LogP contribution in [0.25, 0.3) is 0 Å². The summed E-state index contributed by atoms with van der Waals surface area (Å²) in [6.07, 6.45) is 5.54. The molecule has 1 atom stereocenters. The second kappa shape index (κ2) is 6.65. The van der Waals surface area contributed by atoms with Gasteiger partial charge in [0.15, 0.2) is 5.82 Å². The molecular weight excluding hydrogens is 304 g/mol. The average Bonchev–Trinajstić information content (AvgIpc) is 2.37. The number of terminal acetylenes is 1. The standard InChI is InChI=1S/C13H13F2NO4S/c1-3-5-8(4-2)16-21(19,20)10-7-6-9(14)11(12(10)15)13(17)18/h1,6-8,16H,4-5H2,2H3,(H,17,18). The molecule has 21 heavy (non-hydrogen) atoms. The molecule has 0 aromatic heterocycles. The Bertz CT molecular complexity index is 695. The molecule has 5 nitrogen and oxygen atoms in total. The van der Waals surface area contributed by atoms with E-state index in [1.165, 1.54) is 0 Å². The Morgan fingerprint density at radius 1 is 1.48 bits per heavy atom. The number of benzene rings is 1. The van der Waals surface area contributed by atoms with Gasteiger partial charge in [-0.2, -0.15) is 0 Å². The van der Waals surface area contributed by atoms with Gasteiger partial charge in [0, 0.05) is 12.5 Å². The Morgan fingerprint density at radius 3 is 2.57 bits per heavy atom. The van der Waals surface area contributed by atoms with Crippen LogP contribution >= 0.6 is 0 Å². The van der Waals surface area contributed by atoms with Crippen LogP contribution in [0, 0.1) is 24.0 Å². The van der Waals surface area contributed by atoms with Crippen molar-refractivity contribution in [1.29, 1.82) is 0 Å². The van der Waals surface area contributed by atoms with Gasteiger partial charge in [-0.05, 0) is 18.6 Å². The number of carboxylic acids is 1. The van der Waals surface area contributed by atoms with E-state index in [2.05, 4.69) is 10.6 Å². The van der Waals surface area contributed by atoms with Gasteiger partial charge in [-0.3, -0.25) is 0 Å². The van der Waals surface area contributed by atoms with E-state index in [1.807, 2.05) is 0 Å². The van der Waals surface area contributed by atoms with Crippen LogP contribution in [0.2, 0.25) is 0 Å². The summed E-state index contributed by atoms with van der Waals surface area (Å²) < 4.78 is 53.5. The quantitative estimate of drug-likeness (QED) is 0.783. The maximum atomic E-state index is 13.9. The fraction of sp³-hybridized carbons (Fsp3) is 0.308. The Labute approximate surface area is 121 Å². The molecule has 0 radical (unpaired) electrons. The molecule has 0 amide bonds. The molecule has 0 aliphatic carbocycles. The highest BCUT2D eigenvalue weighted by Gasteiger charge is 2.28. The Hall–Kier alpha value is -1.98. The molecule has 0 heterocycles. The zero-order chi connectivity index (χ0) is 16.2. The van der Waals surface area contributed by atoms with Gasteiger partial charge >= 0.3 is 5.97 Å². The van der Waals surface area contributed by atoms with Crippen LogP contribution in [0.5, 0.6) is 0 Å². The van der Waals surface area contributed by atoms with E-state index in [-0.39, 0.29) is 6.42 Å². The number of hydrogen-bond acceptors (Lipinski definition) is 3. The van der Waals surface area contributed by atoms with Crippen molar-refractivity contribution >= 4 is 16.0 Å². The van der Waals surface area contributed by atoms with Crippen LogP contribution in [-0.2, 0) is 10.0 Å². The number of carboxylic acid groups (broad SMARTS) is 1. The third-order valence-corrected chi connectivity index (χ3v) is 4.28. The highest BCUT2D eigenvalue weighted by Crippen LogP contribution is 2.21. The van der Waals surface area contributed by atoms with Gasteiger partial charge in [0.05, 0.1) is 0 Å². The molecule has 1 aromatic carbocycles. The molecular formula is C13H13F2NO4S. The normalized spacial score (nSPS) is 12.7. The monoisotopic (exact) mass is 317 g/mol. The maximum absolute atomic E-state index is 13.9. The first-order valence-corrected chi connectivity index (χ1v) is 7.40. The largest absolute Gasteiger partial charge is 0.477 e. The fourth-order valence-electron chi connectivity index (χ4n) is 1.63. The molecule has 0 aliphatic rings. The van der Waals surface area contributed by atoms with Crippen molar-refractivity contribution in [2.45, 2.75) is 30.7 Å². The summed E-state index contributed by atoms with van der Waals surface area (Å²) in [6.45, 7) is 1.67. The van der Waals surface area contributed by atoms with Crippen molar-refractivity contribution in [3.63, 3.8) is 0 Å². The number of nitrogens with one attached hydrogen (secondary N) is 1. The van der Waals surface area contributed by atoms with E-state index in [1.54, 1.807) is 6.92 Å². The molecule has 0 bridgehead atoms.